The summed E-state index contributed by atoms with van der Waals surface area (Å²) >= 11 is 0. The fraction of sp³-hybridized carbons (Fsp3) is 0.294. The Hall–Kier alpha value is -2.04. The van der Waals surface area contributed by atoms with Gasteiger partial charge in [-0.2, -0.15) is 0 Å². The minimum Gasteiger partial charge on any atom is -0.497 e. The third-order valence-corrected chi connectivity index (χ3v) is 3.33. The molecule has 0 aromatic heterocycles. The van der Waals surface area contributed by atoms with Gasteiger partial charge in [0.05, 0.1) is 20.3 Å². The van der Waals surface area contributed by atoms with Crippen LogP contribution < -0.4 is 14.8 Å². The Morgan fingerprint density at radius 1 is 1.05 bits per heavy atom. The molecule has 21 heavy (non-hydrogen) atoms. The van der Waals surface area contributed by atoms with Gasteiger partial charge in [0, 0.05) is 18.7 Å². The van der Waals surface area contributed by atoms with E-state index < -0.39 is 6.10 Å². The van der Waals surface area contributed by atoms with Gasteiger partial charge in [-0.15, -0.1) is 0 Å². The first-order valence-corrected chi connectivity index (χ1v) is 6.89. The lowest BCUT2D eigenvalue weighted by Crippen LogP contribution is -2.21. The van der Waals surface area contributed by atoms with E-state index in [-0.39, 0.29) is 0 Å². The van der Waals surface area contributed by atoms with E-state index in [1.54, 1.807) is 14.2 Å². The number of aliphatic hydroxyl groups is 1. The van der Waals surface area contributed by atoms with Crippen LogP contribution in [-0.2, 0) is 6.54 Å². The molecule has 0 aliphatic heterocycles. The molecule has 0 heterocycles. The summed E-state index contributed by atoms with van der Waals surface area (Å²) in [5.74, 6) is 1.59. The molecule has 4 nitrogen and oxygen atoms in total. The average molecular weight is 287 g/mol. The predicted molar refractivity (Wildman–Crippen MR) is 82.7 cm³/mol. The zero-order valence-corrected chi connectivity index (χ0v) is 12.4. The van der Waals surface area contributed by atoms with E-state index in [1.165, 1.54) is 0 Å². The van der Waals surface area contributed by atoms with Crippen molar-refractivity contribution in [2.24, 2.45) is 0 Å². The number of aliphatic hydroxyl groups excluding tert-OH is 1. The second-order valence-corrected chi connectivity index (χ2v) is 4.74. The van der Waals surface area contributed by atoms with Crippen LogP contribution in [0.15, 0.2) is 48.5 Å². The summed E-state index contributed by atoms with van der Waals surface area (Å²) in [5, 5.41) is 13.3. The van der Waals surface area contributed by atoms with E-state index in [1.807, 2.05) is 48.5 Å². The summed E-state index contributed by atoms with van der Waals surface area (Å²) in [6.45, 7) is 1.08. The summed E-state index contributed by atoms with van der Waals surface area (Å²) in [5.41, 5.74) is 1.90. The van der Waals surface area contributed by atoms with E-state index in [2.05, 4.69) is 5.32 Å². The molecule has 0 unspecified atom stereocenters. The Balaban J connectivity index is 1.94. The third kappa shape index (κ3) is 4.21. The van der Waals surface area contributed by atoms with Crippen molar-refractivity contribution in [3.05, 3.63) is 59.7 Å². The van der Waals surface area contributed by atoms with Crippen LogP contribution in [0.5, 0.6) is 11.5 Å². The minimum absolute atomic E-state index is 0.477. The molecule has 2 aromatic rings. The first kappa shape index (κ1) is 15.4. The van der Waals surface area contributed by atoms with E-state index in [9.17, 15) is 5.11 Å². The van der Waals surface area contributed by atoms with Crippen LogP contribution in [0.4, 0.5) is 0 Å². The standard InChI is InChI=1S/C17H21NO3/c1-20-15-8-9-17(21-2)14(10-15)11-18-12-16(19)13-6-4-3-5-7-13/h3-10,16,18-19H,11-12H2,1-2H3/t16-/m0/s1. The second-order valence-electron chi connectivity index (χ2n) is 4.74. The highest BCUT2D eigenvalue weighted by Crippen LogP contribution is 2.23. The molecule has 112 valence electrons. The molecule has 2 aromatic carbocycles. The highest BCUT2D eigenvalue weighted by Gasteiger charge is 2.08. The van der Waals surface area contributed by atoms with Crippen LogP contribution in [0.3, 0.4) is 0 Å². The van der Waals surface area contributed by atoms with Gasteiger partial charge in [0.25, 0.3) is 0 Å². The monoisotopic (exact) mass is 287 g/mol. The Kier molecular flexibility index (Phi) is 5.60. The van der Waals surface area contributed by atoms with Gasteiger partial charge in [0.1, 0.15) is 11.5 Å². The molecule has 0 saturated carbocycles. The molecule has 0 aliphatic rings. The Morgan fingerprint density at radius 2 is 1.81 bits per heavy atom. The first-order chi connectivity index (χ1) is 10.2. The molecular formula is C17H21NO3. The maximum Gasteiger partial charge on any atom is 0.123 e. The van der Waals surface area contributed by atoms with Crippen LogP contribution in [0.25, 0.3) is 0 Å². The number of methoxy groups -OCH3 is 2. The molecule has 0 fully saturated rings. The topological polar surface area (TPSA) is 50.7 Å². The Morgan fingerprint density at radius 3 is 2.48 bits per heavy atom. The van der Waals surface area contributed by atoms with Gasteiger partial charge in [-0.1, -0.05) is 30.3 Å². The SMILES string of the molecule is COc1ccc(OC)c(CNC[C@H](O)c2ccccc2)c1. The van der Waals surface area contributed by atoms with Gasteiger partial charge in [0.15, 0.2) is 0 Å². The summed E-state index contributed by atoms with van der Waals surface area (Å²) in [7, 11) is 3.28. The molecule has 0 saturated heterocycles. The zero-order chi connectivity index (χ0) is 15.1. The molecular weight excluding hydrogens is 266 g/mol. The number of ether oxygens (including phenoxy) is 2. The van der Waals surface area contributed by atoms with Crippen LogP contribution in [-0.4, -0.2) is 25.9 Å². The van der Waals surface area contributed by atoms with Gasteiger partial charge in [-0.25, -0.2) is 0 Å². The lowest BCUT2D eigenvalue weighted by molar-refractivity contribution is 0.174. The van der Waals surface area contributed by atoms with Crippen LogP contribution in [0.2, 0.25) is 0 Å². The first-order valence-electron chi connectivity index (χ1n) is 6.89. The fourth-order valence-corrected chi connectivity index (χ4v) is 2.16. The molecule has 0 aliphatic carbocycles. The maximum absolute atomic E-state index is 10.1. The number of benzene rings is 2. The van der Waals surface area contributed by atoms with Crippen molar-refractivity contribution in [3.63, 3.8) is 0 Å². The lowest BCUT2D eigenvalue weighted by Gasteiger charge is -2.14. The van der Waals surface area contributed by atoms with Crippen LogP contribution >= 0.6 is 0 Å². The van der Waals surface area contributed by atoms with Crippen molar-refractivity contribution >= 4 is 0 Å². The van der Waals surface area contributed by atoms with Crippen molar-refractivity contribution in [2.75, 3.05) is 20.8 Å². The molecule has 1 atom stereocenters. The van der Waals surface area contributed by atoms with E-state index in [0.717, 1.165) is 22.6 Å². The van der Waals surface area contributed by atoms with Crippen molar-refractivity contribution in [2.45, 2.75) is 12.6 Å². The maximum atomic E-state index is 10.1. The average Bonchev–Trinajstić information content (AvgIpc) is 2.55. The van der Waals surface area contributed by atoms with Crippen molar-refractivity contribution in [1.82, 2.24) is 5.32 Å². The van der Waals surface area contributed by atoms with Crippen LogP contribution in [0.1, 0.15) is 17.2 Å². The Labute approximate surface area is 125 Å². The van der Waals surface area contributed by atoms with Crippen molar-refractivity contribution in [3.8, 4) is 11.5 Å². The lowest BCUT2D eigenvalue weighted by atomic mass is 10.1. The van der Waals surface area contributed by atoms with Gasteiger partial charge in [-0.05, 0) is 23.8 Å². The molecule has 0 bridgehead atoms. The minimum atomic E-state index is -0.525. The molecule has 0 spiro atoms. The number of nitrogens with one attached hydrogen (secondary N) is 1. The largest absolute Gasteiger partial charge is 0.497 e. The number of hydrogen-bond donors (Lipinski definition) is 2. The van der Waals surface area contributed by atoms with E-state index in [4.69, 9.17) is 9.47 Å². The normalized spacial score (nSPS) is 12.0. The van der Waals surface area contributed by atoms with Crippen LogP contribution in [0, 0.1) is 0 Å². The Bertz CT molecular complexity index is 557. The fourth-order valence-electron chi connectivity index (χ4n) is 2.16. The third-order valence-electron chi connectivity index (χ3n) is 3.33. The van der Waals surface area contributed by atoms with Gasteiger partial charge in [-0.3, -0.25) is 0 Å². The zero-order valence-electron chi connectivity index (χ0n) is 12.4. The smallest absolute Gasteiger partial charge is 0.123 e. The molecule has 2 rings (SSSR count). The summed E-state index contributed by atoms with van der Waals surface area (Å²) < 4.78 is 10.5. The predicted octanol–water partition coefficient (Wildman–Crippen LogP) is 2.53. The summed E-state index contributed by atoms with van der Waals surface area (Å²) in [6.07, 6.45) is -0.525. The van der Waals surface area contributed by atoms with E-state index in [0.29, 0.717) is 13.1 Å². The summed E-state index contributed by atoms with van der Waals surface area (Å²) in [6, 6.07) is 15.3. The second kappa shape index (κ2) is 7.67. The van der Waals surface area contributed by atoms with Crippen molar-refractivity contribution in [1.29, 1.82) is 0 Å². The molecule has 0 amide bonds. The highest BCUT2D eigenvalue weighted by molar-refractivity contribution is 5.40. The van der Waals surface area contributed by atoms with Gasteiger partial charge >= 0.3 is 0 Å². The van der Waals surface area contributed by atoms with Gasteiger partial charge < -0.3 is 19.9 Å². The summed E-state index contributed by atoms with van der Waals surface area (Å²) in [4.78, 5) is 0. The van der Waals surface area contributed by atoms with Crippen molar-refractivity contribution < 1.29 is 14.6 Å². The van der Waals surface area contributed by atoms with Gasteiger partial charge in [0.2, 0.25) is 0 Å². The highest BCUT2D eigenvalue weighted by atomic mass is 16.5. The van der Waals surface area contributed by atoms with E-state index >= 15 is 0 Å². The number of rotatable bonds is 7. The molecule has 0 radical (unpaired) electrons. The molecule has 4 heteroatoms. The number of hydrogen-bond acceptors (Lipinski definition) is 4. The molecule has 2 N–H and O–H groups in total. The quantitative estimate of drug-likeness (QED) is 0.821.